The van der Waals surface area contributed by atoms with Gasteiger partial charge in [0.05, 0.1) is 12.9 Å². The van der Waals surface area contributed by atoms with Gasteiger partial charge in [-0.05, 0) is 19.1 Å². The molecule has 0 saturated carbocycles. The highest BCUT2D eigenvalue weighted by molar-refractivity contribution is 6.09. The fourth-order valence-corrected chi connectivity index (χ4v) is 2.04. The van der Waals surface area contributed by atoms with Crippen molar-refractivity contribution in [3.63, 3.8) is 0 Å². The van der Waals surface area contributed by atoms with Crippen molar-refractivity contribution in [1.82, 2.24) is 9.97 Å². The molecule has 3 aromatic rings. The molecule has 0 atom stereocenters. The van der Waals surface area contributed by atoms with E-state index in [4.69, 9.17) is 13.9 Å². The topological polar surface area (TPSA) is 115 Å². The summed E-state index contributed by atoms with van der Waals surface area (Å²) in [6, 6.07) is 9.56. The van der Waals surface area contributed by atoms with Gasteiger partial charge in [0.15, 0.2) is 0 Å². The van der Waals surface area contributed by atoms with Crippen LogP contribution in [0.2, 0.25) is 0 Å². The number of carbonyl (C=O) groups is 2. The van der Waals surface area contributed by atoms with Crippen LogP contribution in [-0.2, 0) is 0 Å². The van der Waals surface area contributed by atoms with Crippen molar-refractivity contribution < 1.29 is 28.6 Å². The smallest absolute Gasteiger partial charge is 0.430 e. The molecule has 0 aliphatic rings. The summed E-state index contributed by atoms with van der Waals surface area (Å²) >= 11 is 0. The number of carboxylic acid groups (broad SMARTS) is 1. The lowest BCUT2D eigenvalue weighted by molar-refractivity contribution is 0.186. The molecule has 0 spiro atoms. The molecule has 0 unspecified atom stereocenters. The maximum absolute atomic E-state index is 12.4. The van der Waals surface area contributed by atoms with E-state index in [1.807, 2.05) is 0 Å². The molecule has 2 heterocycles. The Kier molecular flexibility index (Phi) is 4.46. The predicted octanol–water partition coefficient (Wildman–Crippen LogP) is 3.30. The molecule has 0 aliphatic heterocycles. The molecule has 128 valence electrons. The number of hydrogen-bond donors (Lipinski definition) is 1. The number of carbonyl (C=O) groups excluding carboxylic acids is 1. The summed E-state index contributed by atoms with van der Waals surface area (Å²) < 4.78 is 15.5. The van der Waals surface area contributed by atoms with Crippen molar-refractivity contribution in [3.8, 4) is 11.6 Å². The number of ether oxygens (including phenoxy) is 2. The van der Waals surface area contributed by atoms with Crippen LogP contribution in [0.15, 0.2) is 47.1 Å². The lowest BCUT2D eigenvalue weighted by Crippen LogP contribution is -2.39. The van der Waals surface area contributed by atoms with E-state index in [2.05, 4.69) is 9.97 Å². The minimum Gasteiger partial charge on any atom is -0.475 e. The maximum Gasteiger partial charge on any atom is 0.430 e. The number of rotatable bonds is 4. The zero-order valence-electron chi connectivity index (χ0n) is 13.1. The quantitative estimate of drug-likeness (QED) is 0.767. The molecule has 0 radical (unpaired) electrons. The predicted molar refractivity (Wildman–Crippen MR) is 85.9 cm³/mol. The van der Waals surface area contributed by atoms with Crippen LogP contribution in [-0.4, -0.2) is 33.9 Å². The van der Waals surface area contributed by atoms with Gasteiger partial charge < -0.3 is 19.0 Å². The van der Waals surface area contributed by atoms with E-state index in [0.29, 0.717) is 4.90 Å². The van der Waals surface area contributed by atoms with Crippen molar-refractivity contribution in [2.24, 2.45) is 0 Å². The number of nitrogens with zero attached hydrogens (tertiary/aromatic N) is 3. The van der Waals surface area contributed by atoms with Crippen molar-refractivity contribution >= 4 is 29.2 Å². The minimum absolute atomic E-state index is 0.155. The molecule has 0 aliphatic carbocycles. The van der Waals surface area contributed by atoms with Gasteiger partial charge in [0.25, 0.3) is 5.88 Å². The van der Waals surface area contributed by atoms with E-state index >= 15 is 0 Å². The first-order chi connectivity index (χ1) is 12.1. The summed E-state index contributed by atoms with van der Waals surface area (Å²) in [6.45, 7) is 1.88. The number of amides is 2. The van der Waals surface area contributed by atoms with E-state index in [0.717, 1.165) is 0 Å². The second-order valence-corrected chi connectivity index (χ2v) is 4.70. The largest absolute Gasteiger partial charge is 0.475 e. The van der Waals surface area contributed by atoms with Gasteiger partial charge in [0, 0.05) is 6.07 Å². The Morgan fingerprint density at radius 2 is 1.96 bits per heavy atom. The Bertz CT molecular complexity index is 909. The van der Waals surface area contributed by atoms with Gasteiger partial charge in [-0.15, -0.1) is 0 Å². The van der Waals surface area contributed by atoms with Crippen molar-refractivity contribution in [2.75, 3.05) is 11.5 Å². The minimum atomic E-state index is -1.58. The maximum atomic E-state index is 12.4. The summed E-state index contributed by atoms with van der Waals surface area (Å²) in [4.78, 5) is 32.5. The van der Waals surface area contributed by atoms with Crippen molar-refractivity contribution in [1.29, 1.82) is 0 Å². The Balaban J connectivity index is 2.02. The molecule has 1 N–H and O–H groups in total. The van der Waals surface area contributed by atoms with E-state index in [1.165, 1.54) is 24.5 Å². The van der Waals surface area contributed by atoms with Gasteiger partial charge in [-0.3, -0.25) is 0 Å². The number of furan rings is 1. The molecular weight excluding hydrogens is 330 g/mol. The Morgan fingerprint density at radius 1 is 1.20 bits per heavy atom. The van der Waals surface area contributed by atoms with Crippen LogP contribution in [0.5, 0.6) is 11.6 Å². The molecule has 0 bridgehead atoms. The normalized spacial score (nSPS) is 10.4. The second kappa shape index (κ2) is 6.87. The fourth-order valence-electron chi connectivity index (χ4n) is 2.04. The first kappa shape index (κ1) is 16.2. The molecule has 25 heavy (non-hydrogen) atoms. The number of anilines is 1. The number of fused-ring (bicyclic) bond motifs is 1. The lowest BCUT2D eigenvalue weighted by Gasteiger charge is -2.17. The molecule has 2 aromatic heterocycles. The van der Waals surface area contributed by atoms with Gasteiger partial charge in [-0.1, -0.05) is 18.2 Å². The van der Waals surface area contributed by atoms with Crippen LogP contribution in [0.1, 0.15) is 6.92 Å². The standard InChI is InChI=1S/C16H13N3O6/c1-2-23-14-12(17-11-8-9-24-13(11)18-14)19(15(20)21)16(22)25-10-6-4-3-5-7-10/h3-9H,2H2,1H3,(H,20,21). The van der Waals surface area contributed by atoms with E-state index in [-0.39, 0.29) is 35.3 Å². The summed E-state index contributed by atoms with van der Waals surface area (Å²) in [7, 11) is 0. The number of aromatic nitrogens is 2. The first-order valence-corrected chi connectivity index (χ1v) is 7.28. The number of benzene rings is 1. The Labute approximate surface area is 141 Å². The Morgan fingerprint density at radius 3 is 2.64 bits per heavy atom. The molecule has 2 amide bonds. The number of para-hydroxylation sites is 1. The van der Waals surface area contributed by atoms with Gasteiger partial charge in [-0.25, -0.2) is 14.6 Å². The monoisotopic (exact) mass is 343 g/mol. The summed E-state index contributed by atoms with van der Waals surface area (Å²) in [5.41, 5.74) is 0.436. The molecule has 9 nitrogen and oxygen atoms in total. The SMILES string of the molecule is CCOc1nc2occc2nc1N(C(=O)O)C(=O)Oc1ccccc1. The van der Waals surface area contributed by atoms with Crippen LogP contribution in [0, 0.1) is 0 Å². The molecule has 0 saturated heterocycles. The van der Waals surface area contributed by atoms with Crippen LogP contribution in [0.25, 0.3) is 11.2 Å². The van der Waals surface area contributed by atoms with Crippen LogP contribution >= 0.6 is 0 Å². The summed E-state index contributed by atoms with van der Waals surface area (Å²) in [6.07, 6.45) is -1.40. The fraction of sp³-hybridized carbons (Fsp3) is 0.125. The average molecular weight is 343 g/mol. The van der Waals surface area contributed by atoms with Gasteiger partial charge in [-0.2, -0.15) is 9.88 Å². The van der Waals surface area contributed by atoms with Gasteiger partial charge in [0.2, 0.25) is 11.5 Å². The van der Waals surface area contributed by atoms with Crippen molar-refractivity contribution in [3.05, 3.63) is 42.7 Å². The highest BCUT2D eigenvalue weighted by Gasteiger charge is 2.31. The second-order valence-electron chi connectivity index (χ2n) is 4.70. The zero-order chi connectivity index (χ0) is 17.8. The first-order valence-electron chi connectivity index (χ1n) is 7.28. The summed E-state index contributed by atoms with van der Waals surface area (Å²) in [5.74, 6) is -0.268. The van der Waals surface area contributed by atoms with Crippen LogP contribution in [0.3, 0.4) is 0 Å². The number of imide groups is 1. The third-order valence-corrected chi connectivity index (χ3v) is 3.06. The molecule has 0 fully saturated rings. The third kappa shape index (κ3) is 3.34. The molecule has 1 aromatic carbocycles. The summed E-state index contributed by atoms with van der Waals surface area (Å²) in [5, 5.41) is 9.47. The molecule has 9 heteroatoms. The Hall–Kier alpha value is -3.62. The average Bonchev–Trinajstić information content (AvgIpc) is 3.03. The third-order valence-electron chi connectivity index (χ3n) is 3.06. The number of hydrogen-bond acceptors (Lipinski definition) is 7. The van der Waals surface area contributed by atoms with Gasteiger partial charge >= 0.3 is 12.2 Å². The van der Waals surface area contributed by atoms with Crippen molar-refractivity contribution in [2.45, 2.75) is 6.92 Å². The van der Waals surface area contributed by atoms with E-state index in [1.54, 1.807) is 25.1 Å². The van der Waals surface area contributed by atoms with E-state index < -0.39 is 12.2 Å². The highest BCUT2D eigenvalue weighted by atomic mass is 16.6. The highest BCUT2D eigenvalue weighted by Crippen LogP contribution is 2.28. The van der Waals surface area contributed by atoms with Crippen LogP contribution in [0.4, 0.5) is 15.4 Å². The van der Waals surface area contributed by atoms with Gasteiger partial charge in [0.1, 0.15) is 11.3 Å². The lowest BCUT2D eigenvalue weighted by atomic mass is 10.3. The molecular formula is C16H13N3O6. The van der Waals surface area contributed by atoms with E-state index in [9.17, 15) is 14.7 Å². The zero-order valence-corrected chi connectivity index (χ0v) is 13.1. The molecule has 3 rings (SSSR count). The van der Waals surface area contributed by atoms with Crippen LogP contribution < -0.4 is 14.4 Å².